The van der Waals surface area contributed by atoms with E-state index in [1.54, 1.807) is 0 Å². The lowest BCUT2D eigenvalue weighted by Crippen LogP contribution is -2.35. The molecule has 0 fully saturated rings. The summed E-state index contributed by atoms with van der Waals surface area (Å²) in [5.41, 5.74) is 5.82. The van der Waals surface area contributed by atoms with E-state index in [4.69, 9.17) is 0 Å². The van der Waals surface area contributed by atoms with Crippen molar-refractivity contribution in [1.82, 2.24) is 5.32 Å². The van der Waals surface area contributed by atoms with Crippen molar-refractivity contribution in [2.24, 2.45) is 0 Å². The summed E-state index contributed by atoms with van der Waals surface area (Å²) in [6, 6.07) is 0.942. The van der Waals surface area contributed by atoms with Gasteiger partial charge in [-0.05, 0) is 80.1 Å². The molecule has 0 rings (SSSR count). The van der Waals surface area contributed by atoms with Gasteiger partial charge in [-0.3, -0.25) is 0 Å². The predicted molar refractivity (Wildman–Crippen MR) is 116 cm³/mol. The zero-order chi connectivity index (χ0) is 19.2. The van der Waals surface area contributed by atoms with Crippen LogP contribution in [0.5, 0.6) is 0 Å². The highest BCUT2D eigenvalue weighted by molar-refractivity contribution is 5.10. The molecule has 0 heterocycles. The molecule has 0 saturated carbocycles. The minimum Gasteiger partial charge on any atom is -0.304 e. The first kappa shape index (κ1) is 23.9. The molecular weight excluding hydrogens is 302 g/mol. The van der Waals surface area contributed by atoms with E-state index in [0.717, 1.165) is 38.5 Å². The van der Waals surface area contributed by atoms with Gasteiger partial charge in [-0.1, -0.05) is 60.4 Å². The highest BCUT2D eigenvalue weighted by atomic mass is 14.9. The highest BCUT2D eigenvalue weighted by Crippen LogP contribution is 2.12. The molecule has 2 atom stereocenters. The van der Waals surface area contributed by atoms with Crippen LogP contribution in [-0.4, -0.2) is 12.1 Å². The molecule has 0 aromatic heterocycles. The Bertz CT molecular complexity index is 424. The van der Waals surface area contributed by atoms with Crippen LogP contribution in [0.15, 0.2) is 46.6 Å². The van der Waals surface area contributed by atoms with Crippen molar-refractivity contribution in [2.45, 2.75) is 106 Å². The summed E-state index contributed by atoms with van der Waals surface area (Å²) in [7, 11) is 0. The molecule has 0 aromatic carbocycles. The zero-order valence-corrected chi connectivity index (χ0v) is 18.2. The normalized spacial score (nSPS) is 14.9. The standard InChI is InChI=1S/C24H43N/c1-9-23(17-21(7)15-11-13-19(3)4)25-24(10-2)18-22(8)16-12-14-20(5)6/h13-14,17-18,23-25H,9-12,15-16H2,1-8H3/b21-17+,22-18+. The van der Waals surface area contributed by atoms with E-state index in [1.807, 2.05) is 0 Å². The first-order valence-electron chi connectivity index (χ1n) is 10.2. The molecule has 25 heavy (non-hydrogen) atoms. The summed E-state index contributed by atoms with van der Waals surface area (Å²) in [5.74, 6) is 0. The van der Waals surface area contributed by atoms with E-state index in [0.29, 0.717) is 12.1 Å². The Hall–Kier alpha value is -1.08. The molecule has 0 amide bonds. The Kier molecular flexibility index (Phi) is 13.5. The van der Waals surface area contributed by atoms with Crippen LogP contribution in [0.1, 0.15) is 93.9 Å². The summed E-state index contributed by atoms with van der Waals surface area (Å²) in [6.45, 7) is 17.8. The third-order valence-electron chi connectivity index (χ3n) is 4.46. The van der Waals surface area contributed by atoms with Gasteiger partial charge in [0.25, 0.3) is 0 Å². The molecule has 0 aliphatic heterocycles. The van der Waals surface area contributed by atoms with E-state index < -0.39 is 0 Å². The number of nitrogens with one attached hydrogen (secondary N) is 1. The van der Waals surface area contributed by atoms with Crippen LogP contribution in [-0.2, 0) is 0 Å². The lowest BCUT2D eigenvalue weighted by atomic mass is 10.0. The first-order chi connectivity index (χ1) is 11.8. The molecule has 0 aliphatic carbocycles. The van der Waals surface area contributed by atoms with Crippen molar-refractivity contribution in [2.75, 3.05) is 0 Å². The lowest BCUT2D eigenvalue weighted by molar-refractivity contribution is 0.503. The van der Waals surface area contributed by atoms with Gasteiger partial charge >= 0.3 is 0 Å². The van der Waals surface area contributed by atoms with Crippen molar-refractivity contribution in [3.8, 4) is 0 Å². The van der Waals surface area contributed by atoms with E-state index in [1.165, 1.54) is 22.3 Å². The fourth-order valence-electron chi connectivity index (χ4n) is 2.87. The second kappa shape index (κ2) is 14.1. The predicted octanol–water partition coefficient (Wildman–Crippen LogP) is 7.52. The lowest BCUT2D eigenvalue weighted by Gasteiger charge is -2.21. The summed E-state index contributed by atoms with van der Waals surface area (Å²) in [5, 5.41) is 3.83. The number of hydrogen-bond donors (Lipinski definition) is 1. The van der Waals surface area contributed by atoms with E-state index in [-0.39, 0.29) is 0 Å². The molecular formula is C24H43N. The average molecular weight is 346 g/mol. The van der Waals surface area contributed by atoms with Crippen LogP contribution in [0.2, 0.25) is 0 Å². The maximum atomic E-state index is 3.83. The fraction of sp³-hybridized carbons (Fsp3) is 0.667. The second-order valence-corrected chi connectivity index (χ2v) is 7.86. The van der Waals surface area contributed by atoms with Crippen LogP contribution in [0.3, 0.4) is 0 Å². The maximum Gasteiger partial charge on any atom is 0.0255 e. The van der Waals surface area contributed by atoms with Crippen LogP contribution < -0.4 is 5.32 Å². The third-order valence-corrected chi connectivity index (χ3v) is 4.46. The van der Waals surface area contributed by atoms with Crippen LogP contribution in [0.25, 0.3) is 0 Å². The molecule has 0 bridgehead atoms. The Morgan fingerprint density at radius 1 is 0.680 bits per heavy atom. The molecule has 1 N–H and O–H groups in total. The van der Waals surface area contributed by atoms with Gasteiger partial charge in [0.05, 0.1) is 0 Å². The molecule has 1 heteroatoms. The van der Waals surface area contributed by atoms with Gasteiger partial charge in [-0.15, -0.1) is 0 Å². The molecule has 1 nitrogen and oxygen atoms in total. The largest absolute Gasteiger partial charge is 0.304 e. The summed E-state index contributed by atoms with van der Waals surface area (Å²) in [6.07, 6.45) is 16.5. The van der Waals surface area contributed by atoms with E-state index in [9.17, 15) is 0 Å². The van der Waals surface area contributed by atoms with Crippen molar-refractivity contribution in [1.29, 1.82) is 0 Å². The number of rotatable bonds is 12. The van der Waals surface area contributed by atoms with Crippen molar-refractivity contribution in [3.05, 3.63) is 46.6 Å². The quantitative estimate of drug-likeness (QED) is 0.361. The minimum absolute atomic E-state index is 0.471. The molecule has 0 aromatic rings. The zero-order valence-electron chi connectivity index (χ0n) is 18.2. The van der Waals surface area contributed by atoms with Gasteiger partial charge in [-0.2, -0.15) is 0 Å². The van der Waals surface area contributed by atoms with Crippen LogP contribution in [0.4, 0.5) is 0 Å². The smallest absolute Gasteiger partial charge is 0.0255 e. The van der Waals surface area contributed by atoms with Crippen LogP contribution in [0, 0.1) is 0 Å². The van der Waals surface area contributed by atoms with Crippen LogP contribution >= 0.6 is 0 Å². The Labute approximate surface area is 158 Å². The van der Waals surface area contributed by atoms with Gasteiger partial charge in [0, 0.05) is 12.1 Å². The molecule has 2 unspecified atom stereocenters. The van der Waals surface area contributed by atoms with Crippen molar-refractivity contribution >= 4 is 0 Å². The Balaban J connectivity index is 4.67. The third kappa shape index (κ3) is 13.8. The first-order valence-corrected chi connectivity index (χ1v) is 10.2. The SMILES string of the molecule is CCC(/C=C(\C)CCC=C(C)C)NC(/C=C(\C)CCC=C(C)C)CC. The second-order valence-electron chi connectivity index (χ2n) is 7.86. The monoisotopic (exact) mass is 345 g/mol. The topological polar surface area (TPSA) is 12.0 Å². The fourth-order valence-corrected chi connectivity index (χ4v) is 2.87. The van der Waals surface area contributed by atoms with Gasteiger partial charge < -0.3 is 5.32 Å². The Morgan fingerprint density at radius 3 is 1.32 bits per heavy atom. The summed E-state index contributed by atoms with van der Waals surface area (Å²) < 4.78 is 0. The minimum atomic E-state index is 0.471. The maximum absolute atomic E-state index is 3.83. The Morgan fingerprint density at radius 2 is 1.04 bits per heavy atom. The van der Waals surface area contributed by atoms with Crippen molar-refractivity contribution in [3.63, 3.8) is 0 Å². The number of hydrogen-bond acceptors (Lipinski definition) is 1. The van der Waals surface area contributed by atoms with E-state index in [2.05, 4.69) is 85.0 Å². The van der Waals surface area contributed by atoms with Gasteiger partial charge in [0.15, 0.2) is 0 Å². The van der Waals surface area contributed by atoms with Gasteiger partial charge in [0.1, 0.15) is 0 Å². The summed E-state index contributed by atoms with van der Waals surface area (Å²) in [4.78, 5) is 0. The average Bonchev–Trinajstić information content (AvgIpc) is 2.52. The molecule has 0 radical (unpaired) electrons. The number of allylic oxidation sites excluding steroid dienone is 6. The molecule has 0 aliphatic rings. The summed E-state index contributed by atoms with van der Waals surface area (Å²) >= 11 is 0. The van der Waals surface area contributed by atoms with Gasteiger partial charge in [-0.25, -0.2) is 0 Å². The van der Waals surface area contributed by atoms with Crippen molar-refractivity contribution < 1.29 is 0 Å². The molecule has 0 saturated heterocycles. The van der Waals surface area contributed by atoms with Gasteiger partial charge in [0.2, 0.25) is 0 Å². The highest BCUT2D eigenvalue weighted by Gasteiger charge is 2.09. The molecule has 0 spiro atoms. The van der Waals surface area contributed by atoms with E-state index >= 15 is 0 Å². The molecule has 144 valence electrons.